The quantitative estimate of drug-likeness (QED) is 0.373. The van der Waals surface area contributed by atoms with E-state index >= 15 is 0 Å². The first-order chi connectivity index (χ1) is 14.0. The lowest BCUT2D eigenvalue weighted by Gasteiger charge is -2.08. The highest BCUT2D eigenvalue weighted by Crippen LogP contribution is 2.32. The van der Waals surface area contributed by atoms with Gasteiger partial charge in [0.25, 0.3) is 0 Å². The number of para-hydroxylation sites is 1. The summed E-state index contributed by atoms with van der Waals surface area (Å²) in [6.07, 6.45) is 0. The van der Waals surface area contributed by atoms with Crippen LogP contribution >= 0.6 is 11.8 Å². The molecule has 0 saturated heterocycles. The van der Waals surface area contributed by atoms with Crippen LogP contribution in [-0.2, 0) is 4.79 Å². The SMILES string of the molecule is O=C(O)CSc1ccc(-c2oc3ccccc3c(=O)c2C(=O)c2ccccc2)o1. The number of benzene rings is 2. The minimum absolute atomic E-state index is 0.0183. The number of thioether (sulfide) groups is 1. The first kappa shape index (κ1) is 18.8. The average Bonchev–Trinajstić information content (AvgIpc) is 3.21. The van der Waals surface area contributed by atoms with E-state index in [-0.39, 0.29) is 22.8 Å². The molecule has 0 aliphatic carbocycles. The number of carbonyl (C=O) groups excluding carboxylic acids is 1. The van der Waals surface area contributed by atoms with E-state index in [4.69, 9.17) is 13.9 Å². The molecule has 0 saturated carbocycles. The Kier molecular flexibility index (Phi) is 5.05. The Morgan fingerprint density at radius 3 is 2.38 bits per heavy atom. The summed E-state index contributed by atoms with van der Waals surface area (Å²) >= 11 is 0.992. The highest BCUT2D eigenvalue weighted by molar-refractivity contribution is 7.99. The van der Waals surface area contributed by atoms with Crippen LogP contribution in [0.5, 0.6) is 0 Å². The monoisotopic (exact) mass is 406 g/mol. The van der Waals surface area contributed by atoms with E-state index in [0.29, 0.717) is 21.6 Å². The van der Waals surface area contributed by atoms with Crippen LogP contribution in [-0.4, -0.2) is 22.6 Å². The molecule has 4 aromatic rings. The molecule has 0 spiro atoms. The van der Waals surface area contributed by atoms with Gasteiger partial charge in [0.05, 0.1) is 11.1 Å². The predicted octanol–water partition coefficient (Wildman–Crippen LogP) is 4.46. The molecule has 29 heavy (non-hydrogen) atoms. The summed E-state index contributed by atoms with van der Waals surface area (Å²) in [5.74, 6) is -1.43. The number of furan rings is 1. The van der Waals surface area contributed by atoms with Crippen molar-refractivity contribution in [2.45, 2.75) is 5.09 Å². The van der Waals surface area contributed by atoms with Gasteiger partial charge < -0.3 is 13.9 Å². The van der Waals surface area contributed by atoms with Gasteiger partial charge in [-0.3, -0.25) is 14.4 Å². The number of fused-ring (bicyclic) bond motifs is 1. The summed E-state index contributed by atoms with van der Waals surface area (Å²) in [4.78, 5) is 37.1. The Morgan fingerprint density at radius 2 is 1.62 bits per heavy atom. The highest BCUT2D eigenvalue weighted by Gasteiger charge is 2.25. The highest BCUT2D eigenvalue weighted by atomic mass is 32.2. The normalized spacial score (nSPS) is 10.9. The number of carboxylic acid groups (broad SMARTS) is 1. The molecular formula is C22H14O6S. The minimum atomic E-state index is -0.981. The number of aliphatic carboxylic acids is 1. The van der Waals surface area contributed by atoms with Gasteiger partial charge in [0.15, 0.2) is 16.6 Å². The summed E-state index contributed by atoms with van der Waals surface area (Å²) in [7, 11) is 0. The van der Waals surface area contributed by atoms with Crippen LogP contribution in [0.4, 0.5) is 0 Å². The summed E-state index contributed by atoms with van der Waals surface area (Å²) in [6, 6.07) is 18.2. The summed E-state index contributed by atoms with van der Waals surface area (Å²) < 4.78 is 11.6. The first-order valence-electron chi connectivity index (χ1n) is 8.65. The van der Waals surface area contributed by atoms with Crippen molar-refractivity contribution in [2.24, 2.45) is 0 Å². The molecule has 0 aliphatic heterocycles. The van der Waals surface area contributed by atoms with Gasteiger partial charge >= 0.3 is 5.97 Å². The van der Waals surface area contributed by atoms with Gasteiger partial charge in [-0.05, 0) is 24.3 Å². The number of carboxylic acids is 1. The molecule has 2 aromatic heterocycles. The largest absolute Gasteiger partial charge is 0.481 e. The fourth-order valence-corrected chi connectivity index (χ4v) is 3.49. The number of hydrogen-bond acceptors (Lipinski definition) is 6. The molecule has 7 heteroatoms. The molecule has 144 valence electrons. The second-order valence-electron chi connectivity index (χ2n) is 6.13. The zero-order valence-electron chi connectivity index (χ0n) is 15.0. The van der Waals surface area contributed by atoms with Crippen LogP contribution in [0.15, 0.2) is 85.5 Å². The van der Waals surface area contributed by atoms with Gasteiger partial charge in [-0.15, -0.1) is 0 Å². The molecule has 0 fully saturated rings. The van der Waals surface area contributed by atoms with Gasteiger partial charge in [0, 0.05) is 5.56 Å². The molecule has 6 nitrogen and oxygen atoms in total. The summed E-state index contributed by atoms with van der Waals surface area (Å²) in [5, 5.41) is 9.47. The van der Waals surface area contributed by atoms with Crippen molar-refractivity contribution in [1.29, 1.82) is 0 Å². The number of carbonyl (C=O) groups is 2. The molecule has 0 aliphatic rings. The molecule has 0 amide bonds. The van der Waals surface area contributed by atoms with E-state index in [1.807, 2.05) is 0 Å². The van der Waals surface area contributed by atoms with Crippen LogP contribution in [0.25, 0.3) is 22.5 Å². The lowest BCUT2D eigenvalue weighted by molar-refractivity contribution is -0.133. The Bertz CT molecular complexity index is 1270. The van der Waals surface area contributed by atoms with Gasteiger partial charge in [0.1, 0.15) is 11.1 Å². The van der Waals surface area contributed by atoms with E-state index < -0.39 is 17.2 Å². The van der Waals surface area contributed by atoms with Gasteiger partial charge in [-0.1, -0.05) is 54.2 Å². The second kappa shape index (κ2) is 7.81. The molecule has 0 bridgehead atoms. The van der Waals surface area contributed by atoms with E-state index in [0.717, 1.165) is 11.8 Å². The Morgan fingerprint density at radius 1 is 0.897 bits per heavy atom. The first-order valence-corrected chi connectivity index (χ1v) is 9.63. The maximum atomic E-state index is 13.2. The second-order valence-corrected chi connectivity index (χ2v) is 7.11. The molecule has 4 rings (SSSR count). The lowest BCUT2D eigenvalue weighted by Crippen LogP contribution is -2.17. The van der Waals surface area contributed by atoms with Crippen LogP contribution in [0, 0.1) is 0 Å². The maximum absolute atomic E-state index is 13.2. The van der Waals surface area contributed by atoms with Crippen molar-refractivity contribution in [3.05, 3.63) is 88.1 Å². The van der Waals surface area contributed by atoms with Crippen LogP contribution in [0.2, 0.25) is 0 Å². The van der Waals surface area contributed by atoms with Crippen LogP contribution < -0.4 is 5.43 Å². The van der Waals surface area contributed by atoms with Gasteiger partial charge in [-0.2, -0.15) is 0 Å². The van der Waals surface area contributed by atoms with Crippen LogP contribution in [0.1, 0.15) is 15.9 Å². The zero-order chi connectivity index (χ0) is 20.4. The van der Waals surface area contributed by atoms with Gasteiger partial charge in [0.2, 0.25) is 11.2 Å². The Balaban J connectivity index is 1.90. The molecule has 1 N–H and O–H groups in total. The molecule has 2 aromatic carbocycles. The smallest absolute Gasteiger partial charge is 0.313 e. The van der Waals surface area contributed by atoms with E-state index in [9.17, 15) is 14.4 Å². The van der Waals surface area contributed by atoms with E-state index in [1.165, 1.54) is 0 Å². The average molecular weight is 406 g/mol. The summed E-state index contributed by atoms with van der Waals surface area (Å²) in [5.41, 5.74) is 0.0995. The van der Waals surface area contributed by atoms with E-state index in [1.54, 1.807) is 66.7 Å². The third kappa shape index (κ3) is 3.72. The molecule has 2 heterocycles. The Hall–Kier alpha value is -3.58. The fraction of sp³-hybridized carbons (Fsp3) is 0.0455. The van der Waals surface area contributed by atoms with Crippen molar-refractivity contribution in [1.82, 2.24) is 0 Å². The number of rotatable bonds is 6. The predicted molar refractivity (Wildman–Crippen MR) is 108 cm³/mol. The van der Waals surface area contributed by atoms with Crippen molar-refractivity contribution in [3.8, 4) is 11.5 Å². The summed E-state index contributed by atoms with van der Waals surface area (Å²) in [6.45, 7) is 0. The molecule has 0 atom stereocenters. The third-order valence-corrected chi connectivity index (χ3v) is 5.10. The fourth-order valence-electron chi connectivity index (χ4n) is 2.91. The van der Waals surface area contributed by atoms with Crippen molar-refractivity contribution in [2.75, 3.05) is 5.75 Å². The number of hydrogen-bond donors (Lipinski definition) is 1. The zero-order valence-corrected chi connectivity index (χ0v) is 15.8. The van der Waals surface area contributed by atoms with Crippen molar-refractivity contribution >= 4 is 34.5 Å². The topological polar surface area (TPSA) is 97.7 Å². The molecule has 0 radical (unpaired) electrons. The lowest BCUT2D eigenvalue weighted by atomic mass is 9.99. The maximum Gasteiger partial charge on any atom is 0.313 e. The molecule has 0 unspecified atom stereocenters. The minimum Gasteiger partial charge on any atom is -0.481 e. The number of ketones is 1. The van der Waals surface area contributed by atoms with E-state index in [2.05, 4.69) is 0 Å². The van der Waals surface area contributed by atoms with Crippen LogP contribution in [0.3, 0.4) is 0 Å². The Labute approximate surface area is 168 Å². The van der Waals surface area contributed by atoms with Gasteiger partial charge in [-0.25, -0.2) is 0 Å². The molecular weight excluding hydrogens is 392 g/mol. The standard InChI is InChI=1S/C22H14O6S/c23-17(24)12-29-18-11-10-16(27-18)22-19(20(25)13-6-2-1-3-7-13)21(26)14-8-4-5-9-15(14)28-22/h1-11H,12H2,(H,23,24). The van der Waals surface area contributed by atoms with Crippen molar-refractivity contribution in [3.63, 3.8) is 0 Å². The van der Waals surface area contributed by atoms with Crippen molar-refractivity contribution < 1.29 is 23.5 Å². The third-order valence-electron chi connectivity index (χ3n) is 4.20.